The maximum atomic E-state index is 10.8. The van der Waals surface area contributed by atoms with Gasteiger partial charge in [-0.15, -0.1) is 25.3 Å². The summed E-state index contributed by atoms with van der Waals surface area (Å²) in [6.07, 6.45) is 1.41. The molecule has 2 aromatic carbocycles. The zero-order valence-corrected chi connectivity index (χ0v) is 20.0. The molecular formula is C17H12Na2O5S2. The topological polar surface area (TPSA) is 85.3 Å². The molecule has 0 unspecified atom stereocenters. The molecule has 124 valence electrons. The number of hydrogen-bond donors (Lipinski definition) is 2. The van der Waals surface area contributed by atoms with Gasteiger partial charge in [-0.05, 0) is 12.1 Å². The van der Waals surface area contributed by atoms with E-state index in [1.165, 1.54) is 0 Å². The van der Waals surface area contributed by atoms with Gasteiger partial charge in [-0.25, -0.2) is 0 Å². The number of aldehydes is 5. The SMILES string of the molecule is O=Cc1c(S)c(C=O)c(C=O)c(C=O)c1C=O.Sc1ccccc1.[Na].[Na]. The van der Waals surface area contributed by atoms with Gasteiger partial charge in [0.2, 0.25) is 0 Å². The van der Waals surface area contributed by atoms with Crippen LogP contribution in [0.25, 0.3) is 0 Å². The van der Waals surface area contributed by atoms with Crippen molar-refractivity contribution < 1.29 is 24.0 Å². The molecule has 26 heavy (non-hydrogen) atoms. The first kappa shape index (κ1) is 27.7. The van der Waals surface area contributed by atoms with Gasteiger partial charge in [-0.1, -0.05) is 18.2 Å². The minimum absolute atomic E-state index is 0. The molecule has 0 amide bonds. The van der Waals surface area contributed by atoms with E-state index in [4.69, 9.17) is 0 Å². The molecular weight excluding hydrogens is 394 g/mol. The van der Waals surface area contributed by atoms with Crippen LogP contribution < -0.4 is 0 Å². The van der Waals surface area contributed by atoms with Gasteiger partial charge in [0.25, 0.3) is 0 Å². The Labute approximate surface area is 205 Å². The monoisotopic (exact) mass is 406 g/mol. The van der Waals surface area contributed by atoms with Crippen molar-refractivity contribution in [3.05, 3.63) is 58.1 Å². The smallest absolute Gasteiger partial charge is 0.151 e. The van der Waals surface area contributed by atoms with Gasteiger partial charge in [-0.2, -0.15) is 0 Å². The van der Waals surface area contributed by atoms with Crippen LogP contribution in [0.2, 0.25) is 0 Å². The van der Waals surface area contributed by atoms with Gasteiger partial charge in [0.05, 0.1) is 0 Å². The van der Waals surface area contributed by atoms with Crippen molar-refractivity contribution in [2.75, 3.05) is 0 Å². The van der Waals surface area contributed by atoms with Crippen molar-refractivity contribution in [3.8, 4) is 0 Å². The first-order valence-electron chi connectivity index (χ1n) is 6.48. The van der Waals surface area contributed by atoms with Gasteiger partial charge in [0.1, 0.15) is 0 Å². The minimum atomic E-state index is -0.281. The Bertz CT molecular complexity index is 754. The number of carbonyl (C=O) groups is 5. The Morgan fingerprint density at radius 1 is 0.538 bits per heavy atom. The van der Waals surface area contributed by atoms with Crippen LogP contribution in [0.15, 0.2) is 40.1 Å². The van der Waals surface area contributed by atoms with Crippen LogP contribution in [0.4, 0.5) is 0 Å². The minimum Gasteiger partial charge on any atom is -0.298 e. The molecule has 0 N–H and O–H groups in total. The van der Waals surface area contributed by atoms with E-state index in [1.807, 2.05) is 30.3 Å². The summed E-state index contributed by atoms with van der Waals surface area (Å²) in [6, 6.07) is 9.79. The molecule has 2 rings (SSSR count). The summed E-state index contributed by atoms with van der Waals surface area (Å²) < 4.78 is 0. The number of carbonyl (C=O) groups excluding carboxylic acids is 5. The summed E-state index contributed by atoms with van der Waals surface area (Å²) in [5.41, 5.74) is -1.13. The van der Waals surface area contributed by atoms with Crippen LogP contribution >= 0.6 is 25.3 Å². The summed E-state index contributed by atoms with van der Waals surface area (Å²) >= 11 is 7.99. The van der Waals surface area contributed by atoms with Crippen molar-refractivity contribution in [1.82, 2.24) is 0 Å². The number of benzene rings is 2. The van der Waals surface area contributed by atoms with Crippen molar-refractivity contribution in [2.45, 2.75) is 9.79 Å². The van der Waals surface area contributed by atoms with Crippen LogP contribution in [-0.4, -0.2) is 90.5 Å². The largest absolute Gasteiger partial charge is 0.298 e. The molecule has 0 aliphatic heterocycles. The molecule has 0 aromatic heterocycles. The molecule has 0 heterocycles. The van der Waals surface area contributed by atoms with Crippen molar-refractivity contribution in [1.29, 1.82) is 0 Å². The first-order valence-corrected chi connectivity index (χ1v) is 7.37. The van der Waals surface area contributed by atoms with Gasteiger partial charge in [0, 0.05) is 96.7 Å². The Hall–Kier alpha value is -0.510. The summed E-state index contributed by atoms with van der Waals surface area (Å²) in [5, 5.41) is 0. The fourth-order valence-electron chi connectivity index (χ4n) is 1.88. The van der Waals surface area contributed by atoms with E-state index in [0.29, 0.717) is 12.6 Å². The third-order valence-corrected chi connectivity index (χ3v) is 3.80. The van der Waals surface area contributed by atoms with E-state index in [2.05, 4.69) is 25.3 Å². The molecule has 0 saturated carbocycles. The first-order chi connectivity index (χ1) is 11.5. The fourth-order valence-corrected chi connectivity index (χ4v) is 2.40. The Kier molecular flexibility index (Phi) is 15.5. The van der Waals surface area contributed by atoms with Crippen LogP contribution in [-0.2, 0) is 0 Å². The Balaban J connectivity index is 0. The van der Waals surface area contributed by atoms with Crippen molar-refractivity contribution in [2.24, 2.45) is 0 Å². The Morgan fingerprint density at radius 3 is 1.08 bits per heavy atom. The molecule has 0 bridgehead atoms. The standard InChI is InChI=1S/C11H6O5S.C6H6S.2Na/c12-1-6-7(2-13)9(4-15)11(17)10(5-16)8(6)3-14;7-6-4-2-1-3-5-6;;/h1-5,17H;1-5,7H;;. The normalized spacial score (nSPS) is 8.54. The Morgan fingerprint density at radius 2 is 0.846 bits per heavy atom. The predicted octanol–water partition coefficient (Wildman–Crippen LogP) is 2.25. The van der Waals surface area contributed by atoms with E-state index in [-0.39, 0.29) is 111 Å². The van der Waals surface area contributed by atoms with E-state index in [1.54, 1.807) is 0 Å². The quantitative estimate of drug-likeness (QED) is 0.452. The third-order valence-electron chi connectivity index (χ3n) is 3.02. The van der Waals surface area contributed by atoms with Crippen LogP contribution in [0.5, 0.6) is 0 Å². The zero-order chi connectivity index (χ0) is 18.1. The molecule has 0 atom stereocenters. The molecule has 0 aliphatic rings. The molecule has 0 spiro atoms. The van der Waals surface area contributed by atoms with Crippen molar-refractivity contribution >= 4 is 116 Å². The molecule has 2 radical (unpaired) electrons. The second-order valence-electron chi connectivity index (χ2n) is 4.34. The van der Waals surface area contributed by atoms with E-state index >= 15 is 0 Å². The summed E-state index contributed by atoms with van der Waals surface area (Å²) in [7, 11) is 0. The second kappa shape index (κ2) is 14.5. The molecule has 0 fully saturated rings. The van der Waals surface area contributed by atoms with Crippen LogP contribution in [0.1, 0.15) is 51.8 Å². The number of rotatable bonds is 5. The zero-order valence-electron chi connectivity index (χ0n) is 14.2. The second-order valence-corrected chi connectivity index (χ2v) is 5.31. The molecule has 0 saturated heterocycles. The maximum absolute atomic E-state index is 10.8. The predicted molar refractivity (Wildman–Crippen MR) is 106 cm³/mol. The summed E-state index contributed by atoms with van der Waals surface area (Å²) in [6.45, 7) is 0. The summed E-state index contributed by atoms with van der Waals surface area (Å²) in [4.78, 5) is 55.1. The average Bonchev–Trinajstić information content (AvgIpc) is 2.61. The van der Waals surface area contributed by atoms with E-state index in [0.717, 1.165) is 4.90 Å². The van der Waals surface area contributed by atoms with E-state index in [9.17, 15) is 24.0 Å². The van der Waals surface area contributed by atoms with Crippen LogP contribution in [0.3, 0.4) is 0 Å². The molecule has 0 aliphatic carbocycles. The molecule has 2 aromatic rings. The van der Waals surface area contributed by atoms with Crippen molar-refractivity contribution in [3.63, 3.8) is 0 Å². The van der Waals surface area contributed by atoms with Gasteiger partial charge >= 0.3 is 0 Å². The average molecular weight is 406 g/mol. The van der Waals surface area contributed by atoms with Gasteiger partial charge in [-0.3, -0.25) is 24.0 Å². The fraction of sp³-hybridized carbons (Fsp3) is 0. The number of hydrogen-bond acceptors (Lipinski definition) is 7. The van der Waals surface area contributed by atoms with Crippen LogP contribution in [0, 0.1) is 0 Å². The van der Waals surface area contributed by atoms with Gasteiger partial charge < -0.3 is 0 Å². The van der Waals surface area contributed by atoms with Gasteiger partial charge in [0.15, 0.2) is 31.4 Å². The number of thiol groups is 2. The van der Waals surface area contributed by atoms with E-state index < -0.39 is 0 Å². The summed E-state index contributed by atoms with van der Waals surface area (Å²) in [5.74, 6) is 0. The maximum Gasteiger partial charge on any atom is 0.151 e. The molecule has 9 heteroatoms. The third kappa shape index (κ3) is 6.90. The molecule has 5 nitrogen and oxygen atoms in total.